The van der Waals surface area contributed by atoms with Crippen molar-refractivity contribution in [3.05, 3.63) is 0 Å². The monoisotopic (exact) mass is 242 g/mol. The van der Waals surface area contributed by atoms with E-state index < -0.39 is 0 Å². The predicted molar refractivity (Wildman–Crippen MR) is 68.3 cm³/mol. The summed E-state index contributed by atoms with van der Waals surface area (Å²) in [7, 11) is 0. The van der Waals surface area contributed by atoms with Gasteiger partial charge in [-0.3, -0.25) is 0 Å². The lowest BCUT2D eigenvalue weighted by Gasteiger charge is -2.22. The first kappa shape index (κ1) is 13.3. The quantitative estimate of drug-likeness (QED) is 0.586. The van der Waals surface area contributed by atoms with Crippen molar-refractivity contribution in [1.82, 2.24) is 10.6 Å². The number of hydrogen-bond acceptors (Lipinski definition) is 4. The molecule has 0 amide bonds. The smallest absolute Gasteiger partial charge is 0.0600 e. The lowest BCUT2D eigenvalue weighted by atomic mass is 10.1. The van der Waals surface area contributed by atoms with Gasteiger partial charge in [0.2, 0.25) is 0 Å². The van der Waals surface area contributed by atoms with E-state index in [-0.39, 0.29) is 0 Å². The minimum absolute atomic E-state index is 0.476. The van der Waals surface area contributed by atoms with Crippen molar-refractivity contribution >= 4 is 0 Å². The van der Waals surface area contributed by atoms with Crippen molar-refractivity contribution in [1.29, 1.82) is 0 Å². The van der Waals surface area contributed by atoms with Gasteiger partial charge in [0.25, 0.3) is 0 Å². The Morgan fingerprint density at radius 3 is 2.53 bits per heavy atom. The van der Waals surface area contributed by atoms with Gasteiger partial charge in [0, 0.05) is 19.7 Å². The predicted octanol–water partition coefficient (Wildman–Crippen LogP) is 0.771. The Kier molecular flexibility index (Phi) is 6.27. The molecule has 1 aliphatic carbocycles. The Morgan fingerprint density at radius 2 is 1.76 bits per heavy atom. The fourth-order valence-electron chi connectivity index (χ4n) is 2.06. The molecule has 17 heavy (non-hydrogen) atoms. The van der Waals surface area contributed by atoms with Gasteiger partial charge < -0.3 is 20.1 Å². The van der Waals surface area contributed by atoms with Crippen LogP contribution in [0.25, 0.3) is 0 Å². The van der Waals surface area contributed by atoms with Crippen molar-refractivity contribution < 1.29 is 9.47 Å². The number of ether oxygens (including phenoxy) is 2. The molecule has 1 aliphatic heterocycles. The van der Waals surface area contributed by atoms with Gasteiger partial charge in [-0.2, -0.15) is 0 Å². The highest BCUT2D eigenvalue weighted by Gasteiger charge is 2.20. The van der Waals surface area contributed by atoms with Gasteiger partial charge in [0.1, 0.15) is 0 Å². The molecule has 4 heteroatoms. The van der Waals surface area contributed by atoms with Crippen LogP contribution in [0.1, 0.15) is 25.7 Å². The molecule has 2 rings (SSSR count). The van der Waals surface area contributed by atoms with Gasteiger partial charge in [-0.1, -0.05) is 0 Å². The zero-order valence-corrected chi connectivity index (χ0v) is 10.7. The third-order valence-electron chi connectivity index (χ3n) is 3.39. The van der Waals surface area contributed by atoms with Crippen LogP contribution in [0.4, 0.5) is 0 Å². The molecule has 0 radical (unpaired) electrons. The Labute approximate surface area is 104 Å². The average molecular weight is 242 g/mol. The maximum absolute atomic E-state index is 5.79. The summed E-state index contributed by atoms with van der Waals surface area (Å²) >= 11 is 0. The van der Waals surface area contributed by atoms with Crippen LogP contribution in [0, 0.1) is 5.92 Å². The average Bonchev–Trinajstić information content (AvgIpc) is 3.18. The maximum Gasteiger partial charge on any atom is 0.0600 e. The standard InChI is InChI=1S/C13H26N2O2/c1-2-12(1)11-16-9-7-15-8-10-17-13-3-5-14-6-4-13/h12-15H,1-11H2. The first-order valence-corrected chi connectivity index (χ1v) is 7.06. The fraction of sp³-hybridized carbons (Fsp3) is 1.00. The highest BCUT2D eigenvalue weighted by atomic mass is 16.5. The van der Waals surface area contributed by atoms with E-state index in [0.717, 1.165) is 64.8 Å². The minimum Gasteiger partial charge on any atom is -0.380 e. The Morgan fingerprint density at radius 1 is 1.00 bits per heavy atom. The molecule has 4 nitrogen and oxygen atoms in total. The SMILES string of the molecule is C(COCC1CC1)NCCOC1CCNCC1. The zero-order valence-electron chi connectivity index (χ0n) is 10.7. The molecule has 0 bridgehead atoms. The molecule has 0 unspecified atom stereocenters. The topological polar surface area (TPSA) is 42.5 Å². The van der Waals surface area contributed by atoms with Gasteiger partial charge in [-0.25, -0.2) is 0 Å². The van der Waals surface area contributed by atoms with Gasteiger partial charge in [0.15, 0.2) is 0 Å². The summed E-state index contributed by atoms with van der Waals surface area (Å²) in [6.45, 7) is 6.73. The van der Waals surface area contributed by atoms with Crippen molar-refractivity contribution in [2.24, 2.45) is 5.92 Å². The van der Waals surface area contributed by atoms with Crippen molar-refractivity contribution in [2.75, 3.05) is 46.0 Å². The van der Waals surface area contributed by atoms with E-state index in [0.29, 0.717) is 6.10 Å². The summed E-state index contributed by atoms with van der Waals surface area (Å²) in [5.74, 6) is 0.873. The molecule has 2 fully saturated rings. The second-order valence-corrected chi connectivity index (χ2v) is 5.09. The number of nitrogens with one attached hydrogen (secondary N) is 2. The minimum atomic E-state index is 0.476. The molecule has 100 valence electrons. The zero-order chi connectivity index (χ0) is 11.8. The molecule has 0 spiro atoms. The van der Waals surface area contributed by atoms with Gasteiger partial charge >= 0.3 is 0 Å². The third-order valence-corrected chi connectivity index (χ3v) is 3.39. The van der Waals surface area contributed by atoms with Crippen LogP contribution >= 0.6 is 0 Å². The molecule has 2 aliphatic rings. The van der Waals surface area contributed by atoms with Crippen LogP contribution in [-0.2, 0) is 9.47 Å². The van der Waals surface area contributed by atoms with E-state index in [9.17, 15) is 0 Å². The lowest BCUT2D eigenvalue weighted by Crippen LogP contribution is -2.34. The van der Waals surface area contributed by atoms with E-state index in [1.165, 1.54) is 12.8 Å². The number of rotatable bonds is 9. The Hall–Kier alpha value is -0.160. The first-order valence-electron chi connectivity index (χ1n) is 7.06. The summed E-state index contributed by atoms with van der Waals surface area (Å²) in [4.78, 5) is 0. The fourth-order valence-corrected chi connectivity index (χ4v) is 2.06. The lowest BCUT2D eigenvalue weighted by molar-refractivity contribution is 0.0338. The van der Waals surface area contributed by atoms with Crippen molar-refractivity contribution in [3.8, 4) is 0 Å². The maximum atomic E-state index is 5.79. The van der Waals surface area contributed by atoms with E-state index in [4.69, 9.17) is 9.47 Å². The molecule has 1 saturated carbocycles. The van der Waals surface area contributed by atoms with E-state index >= 15 is 0 Å². The number of hydrogen-bond donors (Lipinski definition) is 2. The highest BCUT2D eigenvalue weighted by Crippen LogP contribution is 2.28. The van der Waals surface area contributed by atoms with Gasteiger partial charge in [-0.05, 0) is 44.7 Å². The highest BCUT2D eigenvalue weighted by molar-refractivity contribution is 4.72. The van der Waals surface area contributed by atoms with Crippen molar-refractivity contribution in [3.63, 3.8) is 0 Å². The first-order chi connectivity index (χ1) is 8.45. The molecule has 0 atom stereocenters. The van der Waals surface area contributed by atoms with Crippen LogP contribution in [0.5, 0.6) is 0 Å². The molecule has 1 heterocycles. The van der Waals surface area contributed by atoms with Crippen LogP contribution in [0.3, 0.4) is 0 Å². The summed E-state index contributed by atoms with van der Waals surface area (Å²) in [5.41, 5.74) is 0. The van der Waals surface area contributed by atoms with E-state index in [1.54, 1.807) is 0 Å². The third kappa shape index (κ3) is 6.36. The second-order valence-electron chi connectivity index (χ2n) is 5.09. The van der Waals surface area contributed by atoms with Crippen LogP contribution in [0.15, 0.2) is 0 Å². The largest absolute Gasteiger partial charge is 0.380 e. The Balaban J connectivity index is 1.31. The summed E-state index contributed by atoms with van der Waals surface area (Å²) in [6.07, 6.45) is 5.54. The molecule has 1 saturated heterocycles. The molecule has 0 aromatic carbocycles. The molecular formula is C13H26N2O2. The van der Waals surface area contributed by atoms with Crippen LogP contribution < -0.4 is 10.6 Å². The summed E-state index contributed by atoms with van der Waals surface area (Å²) < 4.78 is 11.3. The van der Waals surface area contributed by atoms with Crippen LogP contribution in [-0.4, -0.2) is 52.1 Å². The summed E-state index contributed by atoms with van der Waals surface area (Å²) in [6, 6.07) is 0. The van der Waals surface area contributed by atoms with Gasteiger partial charge in [0.05, 0.1) is 19.3 Å². The van der Waals surface area contributed by atoms with E-state index in [2.05, 4.69) is 10.6 Å². The normalized spacial score (nSPS) is 21.9. The molecular weight excluding hydrogens is 216 g/mol. The second kappa shape index (κ2) is 8.03. The van der Waals surface area contributed by atoms with Gasteiger partial charge in [-0.15, -0.1) is 0 Å². The molecule has 0 aromatic heterocycles. The van der Waals surface area contributed by atoms with E-state index in [1.807, 2.05) is 0 Å². The van der Waals surface area contributed by atoms with Crippen molar-refractivity contribution in [2.45, 2.75) is 31.8 Å². The molecule has 2 N–H and O–H groups in total. The molecule has 0 aromatic rings. The Bertz CT molecular complexity index is 192. The number of piperidine rings is 1. The van der Waals surface area contributed by atoms with Crippen LogP contribution in [0.2, 0.25) is 0 Å². The summed E-state index contributed by atoms with van der Waals surface area (Å²) in [5, 5.41) is 6.69.